The summed E-state index contributed by atoms with van der Waals surface area (Å²) in [4.78, 5) is 9.57. The largest absolute Gasteiger partial charge is 0.507 e. The number of phenols is 1. The number of oxazole rings is 1. The van der Waals surface area contributed by atoms with E-state index in [0.717, 1.165) is 44.2 Å². The Bertz CT molecular complexity index is 1740. The highest BCUT2D eigenvalue weighted by molar-refractivity contribution is 5.96. The van der Waals surface area contributed by atoms with Gasteiger partial charge in [0, 0.05) is 33.8 Å². The molecule has 0 unspecified atom stereocenters. The quantitative estimate of drug-likeness (QED) is 0.282. The second-order valence-electron chi connectivity index (χ2n) is 10.1. The highest BCUT2D eigenvalue weighted by Crippen LogP contribution is 2.38. The van der Waals surface area contributed by atoms with Gasteiger partial charge in [0.25, 0.3) is 0 Å². The van der Waals surface area contributed by atoms with Gasteiger partial charge in [-0.25, -0.2) is 4.98 Å². The molecule has 0 amide bonds. The Morgan fingerprint density at radius 3 is 2.31 bits per heavy atom. The lowest BCUT2D eigenvalue weighted by Crippen LogP contribution is -2.11. The van der Waals surface area contributed by atoms with Crippen molar-refractivity contribution in [1.82, 2.24) is 9.97 Å². The molecule has 6 aromatic rings. The Morgan fingerprint density at radius 2 is 1.47 bits per heavy atom. The van der Waals surface area contributed by atoms with Crippen molar-refractivity contribution in [3.05, 3.63) is 103 Å². The van der Waals surface area contributed by atoms with E-state index in [2.05, 4.69) is 51.1 Å². The van der Waals surface area contributed by atoms with Crippen LogP contribution >= 0.6 is 0 Å². The van der Waals surface area contributed by atoms with E-state index < -0.39 is 0 Å². The average molecular weight is 471 g/mol. The molecule has 0 spiro atoms. The zero-order chi connectivity index (χ0) is 24.9. The van der Waals surface area contributed by atoms with Crippen LogP contribution in [0.2, 0.25) is 0 Å². The molecular weight excluding hydrogens is 444 g/mol. The third kappa shape index (κ3) is 3.81. The molecule has 4 aromatic carbocycles. The normalized spacial score (nSPS) is 11.9. The van der Waals surface area contributed by atoms with Crippen LogP contribution in [0.4, 0.5) is 0 Å². The van der Waals surface area contributed by atoms with Gasteiger partial charge in [-0.1, -0.05) is 69.3 Å². The molecule has 176 valence electrons. The number of rotatable bonds is 3. The fourth-order valence-electron chi connectivity index (χ4n) is 4.66. The van der Waals surface area contributed by atoms with E-state index in [1.165, 1.54) is 5.56 Å². The molecule has 0 atom stereocenters. The van der Waals surface area contributed by atoms with Gasteiger partial charge in [-0.05, 0) is 59.0 Å². The molecular formula is C32H26N2O2. The third-order valence-corrected chi connectivity index (χ3v) is 6.60. The van der Waals surface area contributed by atoms with Crippen LogP contribution in [-0.4, -0.2) is 15.1 Å². The number of phenolic OH excluding ortho intramolecular Hbond substituents is 1. The number of aromatic hydroxyl groups is 1. The Balaban J connectivity index is 1.50. The lowest BCUT2D eigenvalue weighted by Gasteiger charge is -2.21. The fourth-order valence-corrected chi connectivity index (χ4v) is 4.66. The van der Waals surface area contributed by atoms with E-state index in [9.17, 15) is 5.11 Å². The molecule has 0 bridgehead atoms. The van der Waals surface area contributed by atoms with Gasteiger partial charge >= 0.3 is 0 Å². The summed E-state index contributed by atoms with van der Waals surface area (Å²) in [6.07, 6.45) is 1.84. The monoisotopic (exact) mass is 470 g/mol. The van der Waals surface area contributed by atoms with Crippen LogP contribution in [0.15, 0.2) is 102 Å². The van der Waals surface area contributed by atoms with E-state index in [4.69, 9.17) is 14.4 Å². The SMILES string of the molecule is CC(C)(C)c1cc(-c2cccc(-c3nc4c(-c5ccccc5O)cccc4o3)c2)c2ncccc2c1. The van der Waals surface area contributed by atoms with Crippen molar-refractivity contribution in [3.63, 3.8) is 0 Å². The summed E-state index contributed by atoms with van der Waals surface area (Å²) in [7, 11) is 0. The summed E-state index contributed by atoms with van der Waals surface area (Å²) in [6.45, 7) is 6.68. The van der Waals surface area contributed by atoms with Crippen molar-refractivity contribution in [3.8, 4) is 39.5 Å². The number of hydrogen-bond acceptors (Lipinski definition) is 4. The first-order chi connectivity index (χ1) is 17.4. The van der Waals surface area contributed by atoms with Crippen molar-refractivity contribution in [2.24, 2.45) is 0 Å². The van der Waals surface area contributed by atoms with Gasteiger partial charge in [0.2, 0.25) is 5.89 Å². The van der Waals surface area contributed by atoms with E-state index in [1.807, 2.05) is 60.8 Å². The van der Waals surface area contributed by atoms with E-state index in [-0.39, 0.29) is 11.2 Å². The summed E-state index contributed by atoms with van der Waals surface area (Å²) < 4.78 is 6.20. The highest BCUT2D eigenvalue weighted by Gasteiger charge is 2.19. The molecule has 2 aromatic heterocycles. The van der Waals surface area contributed by atoms with Crippen molar-refractivity contribution >= 4 is 22.0 Å². The Hall–Kier alpha value is -4.44. The van der Waals surface area contributed by atoms with Gasteiger partial charge in [-0.2, -0.15) is 0 Å². The summed E-state index contributed by atoms with van der Waals surface area (Å²) >= 11 is 0. The Labute approximate surface area is 209 Å². The third-order valence-electron chi connectivity index (χ3n) is 6.60. The van der Waals surface area contributed by atoms with Crippen molar-refractivity contribution in [1.29, 1.82) is 0 Å². The predicted octanol–water partition coefficient (Wildman–Crippen LogP) is 8.38. The second kappa shape index (κ2) is 8.35. The fraction of sp³-hybridized carbons (Fsp3) is 0.125. The van der Waals surface area contributed by atoms with Crippen LogP contribution < -0.4 is 0 Å². The number of pyridine rings is 1. The molecule has 4 nitrogen and oxygen atoms in total. The average Bonchev–Trinajstić information content (AvgIpc) is 3.33. The molecule has 0 aliphatic rings. The van der Waals surface area contributed by atoms with Crippen LogP contribution in [0.1, 0.15) is 26.3 Å². The zero-order valence-electron chi connectivity index (χ0n) is 20.5. The van der Waals surface area contributed by atoms with E-state index >= 15 is 0 Å². The predicted molar refractivity (Wildman–Crippen MR) is 146 cm³/mol. The first-order valence-electron chi connectivity index (χ1n) is 12.1. The Kier molecular flexibility index (Phi) is 5.11. The van der Waals surface area contributed by atoms with Crippen LogP contribution in [0.25, 0.3) is 55.7 Å². The van der Waals surface area contributed by atoms with Crippen molar-refractivity contribution < 1.29 is 9.52 Å². The minimum absolute atomic E-state index is 0.0100. The van der Waals surface area contributed by atoms with Crippen LogP contribution in [0.3, 0.4) is 0 Å². The van der Waals surface area contributed by atoms with E-state index in [1.54, 1.807) is 6.07 Å². The summed E-state index contributed by atoms with van der Waals surface area (Å²) in [5.74, 6) is 0.758. The molecule has 0 aliphatic carbocycles. The maximum atomic E-state index is 10.4. The van der Waals surface area contributed by atoms with Crippen molar-refractivity contribution in [2.75, 3.05) is 0 Å². The maximum Gasteiger partial charge on any atom is 0.227 e. The minimum Gasteiger partial charge on any atom is -0.507 e. The van der Waals surface area contributed by atoms with Crippen LogP contribution in [0.5, 0.6) is 5.75 Å². The molecule has 36 heavy (non-hydrogen) atoms. The van der Waals surface area contributed by atoms with Crippen LogP contribution in [-0.2, 0) is 5.41 Å². The number of aromatic nitrogens is 2. The molecule has 6 rings (SSSR count). The topological polar surface area (TPSA) is 59.2 Å². The standard InChI is InChI=1S/C32H26N2O2/c1-32(2,3)23-18-21-11-8-16-33-29(21)26(19-23)20-9-6-10-22(17-20)31-34-30-25(13-7-15-28(30)36-31)24-12-4-5-14-27(24)35/h4-19,35H,1-3H3. The van der Waals surface area contributed by atoms with Gasteiger partial charge in [0.1, 0.15) is 11.3 Å². The number of hydrogen-bond donors (Lipinski definition) is 1. The van der Waals surface area contributed by atoms with Gasteiger partial charge in [0.15, 0.2) is 5.58 Å². The molecule has 0 saturated heterocycles. The lowest BCUT2D eigenvalue weighted by molar-refractivity contribution is 0.477. The number of para-hydroxylation sites is 2. The Morgan fingerprint density at radius 1 is 0.694 bits per heavy atom. The molecule has 0 radical (unpaired) electrons. The van der Waals surface area contributed by atoms with E-state index in [0.29, 0.717) is 11.5 Å². The summed E-state index contributed by atoms with van der Waals surface area (Å²) in [6, 6.07) is 29.9. The number of nitrogens with zero attached hydrogens (tertiary/aromatic N) is 2. The van der Waals surface area contributed by atoms with Gasteiger partial charge in [-0.15, -0.1) is 0 Å². The zero-order valence-corrected chi connectivity index (χ0v) is 20.5. The number of fused-ring (bicyclic) bond motifs is 2. The van der Waals surface area contributed by atoms with Gasteiger partial charge < -0.3 is 9.52 Å². The first kappa shape index (κ1) is 22.1. The molecule has 2 heterocycles. The van der Waals surface area contributed by atoms with Crippen molar-refractivity contribution in [2.45, 2.75) is 26.2 Å². The molecule has 1 N–H and O–H groups in total. The summed E-state index contributed by atoms with van der Waals surface area (Å²) in [5.41, 5.74) is 8.25. The second-order valence-corrected chi connectivity index (χ2v) is 10.1. The van der Waals surface area contributed by atoms with Crippen LogP contribution in [0, 0.1) is 0 Å². The van der Waals surface area contributed by atoms with Gasteiger partial charge in [0.05, 0.1) is 5.52 Å². The maximum absolute atomic E-state index is 10.4. The lowest BCUT2D eigenvalue weighted by atomic mass is 9.84. The summed E-state index contributed by atoms with van der Waals surface area (Å²) in [5, 5.41) is 11.5. The highest BCUT2D eigenvalue weighted by atomic mass is 16.3. The first-order valence-corrected chi connectivity index (χ1v) is 12.1. The molecule has 0 aliphatic heterocycles. The molecule has 0 saturated carbocycles. The number of benzene rings is 4. The smallest absolute Gasteiger partial charge is 0.227 e. The van der Waals surface area contributed by atoms with Gasteiger partial charge in [-0.3, -0.25) is 4.98 Å². The molecule has 4 heteroatoms. The minimum atomic E-state index is 0.0100. The molecule has 0 fully saturated rings.